The number of aliphatic hydroxyl groups excluding tert-OH is 2. The molecular formula is C29H41IN2O5. The number of hydrogen-bond donors (Lipinski definition) is 3. The third kappa shape index (κ3) is 8.82. The first-order valence-electron chi connectivity index (χ1n) is 13.5. The Balaban J connectivity index is 1.88. The first-order chi connectivity index (χ1) is 17.9. The van der Waals surface area contributed by atoms with Crippen molar-refractivity contribution < 1.29 is 24.5 Å². The predicted octanol–water partition coefficient (Wildman–Crippen LogP) is 4.36. The summed E-state index contributed by atoms with van der Waals surface area (Å²) in [6.45, 7) is 4.33. The van der Waals surface area contributed by atoms with Crippen molar-refractivity contribution in [1.29, 1.82) is 0 Å². The minimum atomic E-state index is -0.980. The summed E-state index contributed by atoms with van der Waals surface area (Å²) in [7, 11) is 0. The molecule has 0 saturated heterocycles. The van der Waals surface area contributed by atoms with E-state index in [4.69, 9.17) is 4.74 Å². The van der Waals surface area contributed by atoms with Gasteiger partial charge in [-0.25, -0.2) is 0 Å². The summed E-state index contributed by atoms with van der Waals surface area (Å²) in [4.78, 5) is 28.4. The highest BCUT2D eigenvalue weighted by molar-refractivity contribution is 14.1. The van der Waals surface area contributed by atoms with Crippen LogP contribution in [0, 0.1) is 9.49 Å². The second-order valence-corrected chi connectivity index (χ2v) is 11.2. The lowest BCUT2D eigenvalue weighted by Crippen LogP contribution is -2.56. The lowest BCUT2D eigenvalue weighted by Gasteiger charge is -2.42. The Labute approximate surface area is 234 Å². The highest BCUT2D eigenvalue weighted by atomic mass is 127. The fourth-order valence-corrected chi connectivity index (χ4v) is 5.76. The molecule has 37 heavy (non-hydrogen) atoms. The van der Waals surface area contributed by atoms with Gasteiger partial charge in [0.05, 0.1) is 16.2 Å². The van der Waals surface area contributed by atoms with E-state index in [2.05, 4.69) is 34.5 Å². The zero-order chi connectivity index (χ0) is 26.6. The predicted molar refractivity (Wildman–Crippen MR) is 153 cm³/mol. The van der Waals surface area contributed by atoms with E-state index < -0.39 is 18.2 Å². The van der Waals surface area contributed by atoms with Crippen LogP contribution in [0.5, 0.6) is 5.75 Å². The van der Waals surface area contributed by atoms with E-state index in [0.717, 1.165) is 48.5 Å². The Morgan fingerprint density at radius 2 is 1.95 bits per heavy atom. The number of benzene rings is 1. The van der Waals surface area contributed by atoms with E-state index in [0.29, 0.717) is 30.2 Å². The van der Waals surface area contributed by atoms with E-state index in [9.17, 15) is 19.8 Å². The second-order valence-electron chi connectivity index (χ2n) is 10.0. The number of hydrogen-bond acceptors (Lipinski definition) is 5. The molecule has 1 aromatic rings. The Hall–Kier alpha value is -1.91. The molecule has 8 heteroatoms. The van der Waals surface area contributed by atoms with Crippen LogP contribution in [-0.4, -0.2) is 64.9 Å². The molecule has 3 unspecified atom stereocenters. The number of nitrogens with one attached hydrogen (secondary N) is 1. The molecule has 1 fully saturated rings. The van der Waals surface area contributed by atoms with Gasteiger partial charge in [0.25, 0.3) is 0 Å². The number of aliphatic hydroxyl groups is 2. The number of carbonyl (C=O) groups excluding carboxylic acids is 2. The van der Waals surface area contributed by atoms with E-state index in [1.54, 1.807) is 6.08 Å². The summed E-state index contributed by atoms with van der Waals surface area (Å²) >= 11 is 2.18. The third-order valence-electron chi connectivity index (χ3n) is 7.26. The number of unbranched alkanes of at least 4 members (excludes halogenated alkanes) is 2. The molecule has 0 bridgehead atoms. The maximum atomic E-state index is 13.6. The Kier molecular flexibility index (Phi) is 12.4. The molecule has 2 aliphatic carbocycles. The molecule has 2 aliphatic rings. The Morgan fingerprint density at radius 3 is 2.65 bits per heavy atom. The van der Waals surface area contributed by atoms with Gasteiger partial charge < -0.3 is 25.2 Å². The van der Waals surface area contributed by atoms with Crippen molar-refractivity contribution in [1.82, 2.24) is 10.2 Å². The molecule has 1 aromatic carbocycles. The van der Waals surface area contributed by atoms with Crippen molar-refractivity contribution in [2.45, 2.75) is 82.5 Å². The van der Waals surface area contributed by atoms with Crippen LogP contribution in [0.4, 0.5) is 0 Å². The van der Waals surface area contributed by atoms with Crippen LogP contribution >= 0.6 is 22.6 Å². The summed E-state index contributed by atoms with van der Waals surface area (Å²) in [5, 5.41) is 23.5. The molecule has 7 nitrogen and oxygen atoms in total. The van der Waals surface area contributed by atoms with Gasteiger partial charge in [-0.05, 0) is 78.8 Å². The standard InChI is InChI=1S/C29H41IN2O5/c1-2-3-4-8-15-27(34)32(20-21-11-6-5-7-12-21)24-18-22(29(36)31-16-17-33)19-26(28(24)35)37-25-14-10-9-13-23(25)30/h2,9-10,13-14,19,21,24,26,28,33,35H,1,3-8,11-12,15-18,20H2,(H,31,36). The van der Waals surface area contributed by atoms with E-state index in [-0.39, 0.29) is 31.4 Å². The van der Waals surface area contributed by atoms with Crippen molar-refractivity contribution in [3.05, 3.63) is 52.1 Å². The average Bonchev–Trinajstić information content (AvgIpc) is 2.91. The molecule has 2 amide bonds. The van der Waals surface area contributed by atoms with Crippen LogP contribution in [-0.2, 0) is 9.59 Å². The highest BCUT2D eigenvalue weighted by Crippen LogP contribution is 2.32. The topological polar surface area (TPSA) is 99.1 Å². The average molecular weight is 625 g/mol. The van der Waals surface area contributed by atoms with Crippen LogP contribution in [0.2, 0.25) is 0 Å². The molecule has 0 spiro atoms. The largest absolute Gasteiger partial charge is 0.482 e. The lowest BCUT2D eigenvalue weighted by atomic mass is 9.85. The smallest absolute Gasteiger partial charge is 0.247 e. The normalized spacial score (nSPS) is 22.1. The van der Waals surface area contributed by atoms with Gasteiger partial charge in [0, 0.05) is 31.5 Å². The summed E-state index contributed by atoms with van der Waals surface area (Å²) in [6.07, 6.45) is 10.6. The third-order valence-corrected chi connectivity index (χ3v) is 8.15. The highest BCUT2D eigenvalue weighted by Gasteiger charge is 2.41. The number of para-hydroxylation sites is 1. The van der Waals surface area contributed by atoms with Crippen LogP contribution in [0.15, 0.2) is 48.6 Å². The van der Waals surface area contributed by atoms with Gasteiger partial charge in [0.2, 0.25) is 11.8 Å². The summed E-state index contributed by atoms with van der Waals surface area (Å²) in [5.41, 5.74) is 0.466. The molecule has 0 aliphatic heterocycles. The fourth-order valence-electron chi connectivity index (χ4n) is 5.25. The number of nitrogens with zero attached hydrogens (tertiary/aromatic N) is 1. The SMILES string of the molecule is C=CCCCCC(=O)N(CC1CCCCC1)C1CC(C(=O)NCCO)=CC(Oc2ccccc2I)C1O. The summed E-state index contributed by atoms with van der Waals surface area (Å²) in [6, 6.07) is 6.96. The monoisotopic (exact) mass is 624 g/mol. The zero-order valence-corrected chi connectivity index (χ0v) is 23.8. The van der Waals surface area contributed by atoms with E-state index >= 15 is 0 Å². The number of allylic oxidation sites excluding steroid dienone is 1. The summed E-state index contributed by atoms with van der Waals surface area (Å²) < 4.78 is 7.13. The molecule has 3 N–H and O–H groups in total. The number of carbonyl (C=O) groups is 2. The van der Waals surface area contributed by atoms with Gasteiger partial charge >= 0.3 is 0 Å². The van der Waals surface area contributed by atoms with Gasteiger partial charge in [0.15, 0.2) is 0 Å². The maximum absolute atomic E-state index is 13.6. The lowest BCUT2D eigenvalue weighted by molar-refractivity contribution is -0.140. The van der Waals surface area contributed by atoms with Crippen LogP contribution < -0.4 is 10.1 Å². The van der Waals surface area contributed by atoms with Crippen LogP contribution in [0.25, 0.3) is 0 Å². The number of amides is 2. The molecule has 0 radical (unpaired) electrons. The number of halogens is 1. The first kappa shape index (κ1) is 29.6. The van der Waals surface area contributed by atoms with Crippen molar-refractivity contribution in [2.75, 3.05) is 19.7 Å². The molecule has 0 aromatic heterocycles. The quantitative estimate of drug-likeness (QED) is 0.172. The van der Waals surface area contributed by atoms with Crippen molar-refractivity contribution >= 4 is 34.4 Å². The van der Waals surface area contributed by atoms with E-state index in [1.807, 2.05) is 35.2 Å². The van der Waals surface area contributed by atoms with Gasteiger partial charge in [-0.15, -0.1) is 6.58 Å². The van der Waals surface area contributed by atoms with Crippen molar-refractivity contribution in [2.24, 2.45) is 5.92 Å². The molecule has 3 atom stereocenters. The minimum absolute atomic E-state index is 0.0174. The fraction of sp³-hybridized carbons (Fsp3) is 0.586. The van der Waals surface area contributed by atoms with Gasteiger partial charge in [-0.2, -0.15) is 0 Å². The Bertz CT molecular complexity index is 931. The molecule has 204 valence electrons. The molecule has 0 heterocycles. The van der Waals surface area contributed by atoms with Gasteiger partial charge in [-0.1, -0.05) is 37.5 Å². The number of rotatable bonds is 13. The molecule has 3 rings (SSSR count). The summed E-state index contributed by atoms with van der Waals surface area (Å²) in [5.74, 6) is 0.723. The zero-order valence-electron chi connectivity index (χ0n) is 21.6. The Morgan fingerprint density at radius 1 is 1.19 bits per heavy atom. The maximum Gasteiger partial charge on any atom is 0.247 e. The van der Waals surface area contributed by atoms with Gasteiger partial charge in [0.1, 0.15) is 18.0 Å². The van der Waals surface area contributed by atoms with Crippen molar-refractivity contribution in [3.63, 3.8) is 0 Å². The van der Waals surface area contributed by atoms with Crippen molar-refractivity contribution in [3.8, 4) is 5.75 Å². The molecule has 1 saturated carbocycles. The van der Waals surface area contributed by atoms with Crippen LogP contribution in [0.1, 0.15) is 64.2 Å². The number of ether oxygens (including phenoxy) is 1. The van der Waals surface area contributed by atoms with Gasteiger partial charge in [-0.3, -0.25) is 9.59 Å². The first-order valence-corrected chi connectivity index (χ1v) is 14.6. The minimum Gasteiger partial charge on any atom is -0.482 e. The molecular weight excluding hydrogens is 583 g/mol. The second kappa shape index (κ2) is 15.5. The van der Waals surface area contributed by atoms with E-state index in [1.165, 1.54) is 6.42 Å². The van der Waals surface area contributed by atoms with Crippen LogP contribution in [0.3, 0.4) is 0 Å².